The fourth-order valence-electron chi connectivity index (χ4n) is 3.91. The minimum absolute atomic E-state index is 0.0644. The van der Waals surface area contributed by atoms with E-state index in [1.54, 1.807) is 11.3 Å². The number of aryl methyl sites for hydroxylation is 3. The summed E-state index contributed by atoms with van der Waals surface area (Å²) in [6.07, 6.45) is 6.13. The lowest BCUT2D eigenvalue weighted by Gasteiger charge is -2.10. The van der Waals surface area contributed by atoms with Crippen molar-refractivity contribution in [2.24, 2.45) is 0 Å². The van der Waals surface area contributed by atoms with E-state index in [1.165, 1.54) is 22.4 Å². The van der Waals surface area contributed by atoms with Crippen molar-refractivity contribution in [3.63, 3.8) is 0 Å². The number of aromatic nitrogens is 2. The van der Waals surface area contributed by atoms with Gasteiger partial charge in [0.25, 0.3) is 5.56 Å². The van der Waals surface area contributed by atoms with Gasteiger partial charge in [-0.25, -0.2) is 4.98 Å². The Bertz CT molecular complexity index is 1080. The van der Waals surface area contributed by atoms with E-state index in [9.17, 15) is 9.59 Å². The van der Waals surface area contributed by atoms with Crippen molar-refractivity contribution in [2.75, 3.05) is 5.32 Å². The molecule has 1 amide bonds. The Kier molecular flexibility index (Phi) is 5.81. The number of hydrogen-bond acceptors (Lipinski definition) is 4. The molecular weight excluding hydrogens is 382 g/mol. The van der Waals surface area contributed by atoms with Crippen molar-refractivity contribution in [1.29, 1.82) is 0 Å². The van der Waals surface area contributed by atoms with Gasteiger partial charge in [-0.1, -0.05) is 26.0 Å². The number of aromatic amines is 1. The van der Waals surface area contributed by atoms with Crippen LogP contribution in [0, 0.1) is 0 Å². The molecule has 2 N–H and O–H groups in total. The molecule has 4 rings (SSSR count). The van der Waals surface area contributed by atoms with Gasteiger partial charge in [0, 0.05) is 23.4 Å². The Morgan fingerprint density at radius 2 is 2.00 bits per heavy atom. The van der Waals surface area contributed by atoms with Crippen LogP contribution < -0.4 is 10.9 Å². The molecule has 0 saturated heterocycles. The van der Waals surface area contributed by atoms with E-state index in [0.717, 1.165) is 41.6 Å². The molecule has 0 radical (unpaired) electrons. The molecule has 2 heterocycles. The zero-order valence-corrected chi connectivity index (χ0v) is 17.8. The highest BCUT2D eigenvalue weighted by molar-refractivity contribution is 7.18. The molecule has 152 valence electrons. The second kappa shape index (κ2) is 8.49. The molecule has 0 spiro atoms. The Morgan fingerprint density at radius 3 is 2.76 bits per heavy atom. The summed E-state index contributed by atoms with van der Waals surface area (Å²) >= 11 is 1.64. The number of H-pyrrole nitrogens is 1. The van der Waals surface area contributed by atoms with Gasteiger partial charge in [-0.05, 0) is 61.3 Å². The molecule has 1 aliphatic rings. The van der Waals surface area contributed by atoms with Gasteiger partial charge in [-0.3, -0.25) is 9.59 Å². The number of carbonyl (C=O) groups is 1. The standard InChI is InChI=1S/C23H27N3O2S/c1-3-14(2)15-8-10-16(11-9-15)24-20(27)13-12-19-25-22(28)21-17-6-4-5-7-18(17)29-23(21)26-19/h8-11,14H,3-7,12-13H2,1-2H3,(H,24,27)(H,25,26,28). The first-order valence-electron chi connectivity index (χ1n) is 10.5. The van der Waals surface area contributed by atoms with Crippen LogP contribution in [0.2, 0.25) is 0 Å². The number of benzene rings is 1. The summed E-state index contributed by atoms with van der Waals surface area (Å²) < 4.78 is 0. The number of amides is 1. The normalized spacial score (nSPS) is 14.6. The Hall–Kier alpha value is -2.47. The largest absolute Gasteiger partial charge is 0.326 e. The van der Waals surface area contributed by atoms with E-state index >= 15 is 0 Å². The molecule has 0 saturated carbocycles. The Balaban J connectivity index is 1.41. The molecule has 6 heteroatoms. The van der Waals surface area contributed by atoms with Crippen molar-refractivity contribution in [3.05, 3.63) is 56.4 Å². The van der Waals surface area contributed by atoms with Gasteiger partial charge in [0.2, 0.25) is 5.91 Å². The predicted molar refractivity (Wildman–Crippen MR) is 119 cm³/mol. The van der Waals surface area contributed by atoms with Crippen LogP contribution in [0.4, 0.5) is 5.69 Å². The van der Waals surface area contributed by atoms with Gasteiger partial charge in [0.15, 0.2) is 0 Å². The summed E-state index contributed by atoms with van der Waals surface area (Å²) in [5.41, 5.74) is 3.20. The average molecular weight is 410 g/mol. The van der Waals surface area contributed by atoms with Crippen molar-refractivity contribution < 1.29 is 4.79 Å². The number of nitrogens with one attached hydrogen (secondary N) is 2. The third-order valence-corrected chi connectivity index (χ3v) is 7.02. The minimum atomic E-state index is -0.0745. The van der Waals surface area contributed by atoms with Crippen molar-refractivity contribution in [2.45, 2.75) is 64.7 Å². The van der Waals surface area contributed by atoms with E-state index in [-0.39, 0.29) is 17.9 Å². The zero-order valence-electron chi connectivity index (χ0n) is 17.0. The third-order valence-electron chi connectivity index (χ3n) is 5.84. The maximum absolute atomic E-state index is 12.6. The molecule has 1 unspecified atom stereocenters. The first-order valence-corrected chi connectivity index (χ1v) is 11.3. The second-order valence-corrected chi connectivity index (χ2v) is 8.97. The molecular formula is C23H27N3O2S. The molecule has 1 aliphatic carbocycles. The smallest absolute Gasteiger partial charge is 0.259 e. The molecule has 0 aliphatic heterocycles. The van der Waals surface area contributed by atoms with Gasteiger partial charge in [-0.15, -0.1) is 11.3 Å². The zero-order chi connectivity index (χ0) is 20.4. The topological polar surface area (TPSA) is 74.8 Å². The average Bonchev–Trinajstić information content (AvgIpc) is 3.11. The predicted octanol–water partition coefficient (Wildman–Crippen LogP) is 4.95. The number of nitrogens with zero attached hydrogens (tertiary/aromatic N) is 1. The number of carbonyl (C=O) groups excluding carboxylic acids is 1. The van der Waals surface area contributed by atoms with Crippen LogP contribution in [-0.2, 0) is 24.1 Å². The van der Waals surface area contributed by atoms with Crippen LogP contribution in [0.15, 0.2) is 29.1 Å². The lowest BCUT2D eigenvalue weighted by molar-refractivity contribution is -0.116. The molecule has 29 heavy (non-hydrogen) atoms. The van der Waals surface area contributed by atoms with Crippen molar-refractivity contribution in [3.8, 4) is 0 Å². The lowest BCUT2D eigenvalue weighted by atomic mass is 9.97. The van der Waals surface area contributed by atoms with Crippen molar-refractivity contribution in [1.82, 2.24) is 9.97 Å². The fraction of sp³-hybridized carbons (Fsp3) is 0.435. The van der Waals surface area contributed by atoms with Crippen molar-refractivity contribution >= 4 is 33.1 Å². The van der Waals surface area contributed by atoms with E-state index < -0.39 is 0 Å². The molecule has 5 nitrogen and oxygen atoms in total. The molecule has 0 bridgehead atoms. The highest BCUT2D eigenvalue weighted by atomic mass is 32.1. The maximum atomic E-state index is 12.6. The van der Waals surface area contributed by atoms with E-state index in [1.807, 2.05) is 12.1 Å². The monoisotopic (exact) mass is 409 g/mol. The van der Waals surface area contributed by atoms with Crippen LogP contribution in [0.3, 0.4) is 0 Å². The first-order chi connectivity index (χ1) is 14.0. The number of rotatable bonds is 6. The molecule has 2 aromatic heterocycles. The minimum Gasteiger partial charge on any atom is -0.326 e. The third kappa shape index (κ3) is 4.27. The second-order valence-electron chi connectivity index (χ2n) is 7.88. The fourth-order valence-corrected chi connectivity index (χ4v) is 5.19. The highest BCUT2D eigenvalue weighted by Crippen LogP contribution is 2.33. The van der Waals surface area contributed by atoms with E-state index in [0.29, 0.717) is 18.2 Å². The summed E-state index contributed by atoms with van der Waals surface area (Å²) in [5.74, 6) is 1.03. The van der Waals surface area contributed by atoms with Crippen LogP contribution in [0.5, 0.6) is 0 Å². The van der Waals surface area contributed by atoms with Gasteiger partial charge in [-0.2, -0.15) is 0 Å². The summed E-state index contributed by atoms with van der Waals surface area (Å²) in [6.45, 7) is 4.36. The number of thiophene rings is 1. The SMILES string of the molecule is CCC(C)c1ccc(NC(=O)CCc2nc3sc4c(c3c(=O)[nH]2)CCCC4)cc1. The summed E-state index contributed by atoms with van der Waals surface area (Å²) in [6, 6.07) is 8.02. The van der Waals surface area contributed by atoms with E-state index in [4.69, 9.17) is 0 Å². The van der Waals surface area contributed by atoms with Gasteiger partial charge in [0.1, 0.15) is 10.7 Å². The number of fused-ring (bicyclic) bond motifs is 3. The Morgan fingerprint density at radius 1 is 1.24 bits per heavy atom. The van der Waals surface area contributed by atoms with Crippen LogP contribution in [-0.4, -0.2) is 15.9 Å². The van der Waals surface area contributed by atoms with Crippen LogP contribution >= 0.6 is 11.3 Å². The quantitative estimate of drug-likeness (QED) is 0.605. The first kappa shape index (κ1) is 19.8. The van der Waals surface area contributed by atoms with Crippen LogP contribution in [0.1, 0.15) is 67.3 Å². The van der Waals surface area contributed by atoms with Gasteiger partial charge in [0.05, 0.1) is 5.39 Å². The van der Waals surface area contributed by atoms with Gasteiger partial charge >= 0.3 is 0 Å². The number of hydrogen-bond donors (Lipinski definition) is 2. The molecule has 1 atom stereocenters. The van der Waals surface area contributed by atoms with E-state index in [2.05, 4.69) is 41.3 Å². The summed E-state index contributed by atoms with van der Waals surface area (Å²) in [5, 5.41) is 3.69. The Labute approximate surface area is 174 Å². The summed E-state index contributed by atoms with van der Waals surface area (Å²) in [7, 11) is 0. The molecule has 3 aromatic rings. The van der Waals surface area contributed by atoms with Crippen LogP contribution in [0.25, 0.3) is 10.2 Å². The maximum Gasteiger partial charge on any atom is 0.259 e. The summed E-state index contributed by atoms with van der Waals surface area (Å²) in [4.78, 5) is 34.6. The molecule has 1 aromatic carbocycles. The van der Waals surface area contributed by atoms with Gasteiger partial charge < -0.3 is 10.3 Å². The molecule has 0 fully saturated rings. The lowest BCUT2D eigenvalue weighted by Crippen LogP contribution is -2.16. The number of anilines is 1. The highest BCUT2D eigenvalue weighted by Gasteiger charge is 2.19.